The monoisotopic (exact) mass is 313 g/mol. The molecule has 0 aliphatic carbocycles. The van der Waals surface area contributed by atoms with Crippen molar-refractivity contribution in [3.63, 3.8) is 0 Å². The molecule has 0 radical (unpaired) electrons. The van der Waals surface area contributed by atoms with E-state index in [1.165, 1.54) is 0 Å². The van der Waals surface area contributed by atoms with E-state index in [4.69, 9.17) is 0 Å². The molecule has 0 unspecified atom stereocenters. The standard InChI is InChI=1S/C14H20BrNO2/c1-13(2,3)9-7-10(14(4,5)6)12(16(17)18)8-11(9)15/h7-8H,1-6H3. The molecule has 4 heteroatoms. The number of halogens is 1. The van der Waals surface area contributed by atoms with E-state index in [0.717, 1.165) is 15.6 Å². The molecule has 1 aromatic carbocycles. The Kier molecular flexibility index (Phi) is 3.92. The largest absolute Gasteiger partial charge is 0.274 e. The zero-order chi connectivity index (χ0) is 14.3. The highest BCUT2D eigenvalue weighted by molar-refractivity contribution is 9.10. The van der Waals surface area contributed by atoms with Crippen molar-refractivity contribution in [1.29, 1.82) is 0 Å². The molecule has 100 valence electrons. The lowest BCUT2D eigenvalue weighted by atomic mass is 9.80. The van der Waals surface area contributed by atoms with Crippen LogP contribution in [0.15, 0.2) is 16.6 Å². The van der Waals surface area contributed by atoms with Crippen molar-refractivity contribution in [2.45, 2.75) is 52.4 Å². The van der Waals surface area contributed by atoms with Crippen LogP contribution in [0.5, 0.6) is 0 Å². The van der Waals surface area contributed by atoms with Crippen molar-refractivity contribution in [2.75, 3.05) is 0 Å². The van der Waals surface area contributed by atoms with E-state index in [2.05, 4.69) is 36.7 Å². The van der Waals surface area contributed by atoms with Gasteiger partial charge in [0.1, 0.15) is 0 Å². The number of hydrogen-bond donors (Lipinski definition) is 0. The van der Waals surface area contributed by atoms with Gasteiger partial charge in [-0.15, -0.1) is 0 Å². The summed E-state index contributed by atoms with van der Waals surface area (Å²) in [6, 6.07) is 3.59. The lowest BCUT2D eigenvalue weighted by Gasteiger charge is -2.25. The predicted octanol–water partition coefficient (Wildman–Crippen LogP) is 4.95. The van der Waals surface area contributed by atoms with Crippen LogP contribution in [0.4, 0.5) is 5.69 Å². The Labute approximate surface area is 117 Å². The first-order chi connectivity index (χ1) is 7.94. The Morgan fingerprint density at radius 2 is 1.44 bits per heavy atom. The van der Waals surface area contributed by atoms with Gasteiger partial charge < -0.3 is 0 Å². The molecular formula is C14H20BrNO2. The maximum atomic E-state index is 11.2. The van der Waals surface area contributed by atoms with Crippen LogP contribution in [-0.4, -0.2) is 4.92 Å². The fraction of sp³-hybridized carbons (Fsp3) is 0.571. The van der Waals surface area contributed by atoms with Gasteiger partial charge in [0.2, 0.25) is 0 Å². The third-order valence-electron chi connectivity index (χ3n) is 2.90. The quantitative estimate of drug-likeness (QED) is 0.543. The summed E-state index contributed by atoms with van der Waals surface area (Å²) in [6.45, 7) is 12.3. The highest BCUT2D eigenvalue weighted by Crippen LogP contribution is 2.39. The summed E-state index contributed by atoms with van der Waals surface area (Å²) in [7, 11) is 0. The van der Waals surface area contributed by atoms with Crippen LogP contribution in [0, 0.1) is 10.1 Å². The van der Waals surface area contributed by atoms with E-state index in [-0.39, 0.29) is 21.4 Å². The average molecular weight is 314 g/mol. The van der Waals surface area contributed by atoms with Crippen LogP contribution in [0.2, 0.25) is 0 Å². The third-order valence-corrected chi connectivity index (χ3v) is 3.55. The molecule has 0 amide bonds. The van der Waals surface area contributed by atoms with E-state index in [1.54, 1.807) is 6.07 Å². The Balaban J connectivity index is 3.62. The van der Waals surface area contributed by atoms with Crippen LogP contribution >= 0.6 is 15.9 Å². The second kappa shape index (κ2) is 4.65. The summed E-state index contributed by atoms with van der Waals surface area (Å²) < 4.78 is 0.801. The molecule has 1 rings (SSSR count). The molecule has 18 heavy (non-hydrogen) atoms. The highest BCUT2D eigenvalue weighted by atomic mass is 79.9. The molecular weight excluding hydrogens is 294 g/mol. The molecule has 0 heterocycles. The van der Waals surface area contributed by atoms with Gasteiger partial charge in [-0.1, -0.05) is 57.5 Å². The van der Waals surface area contributed by atoms with Gasteiger partial charge >= 0.3 is 0 Å². The van der Waals surface area contributed by atoms with Gasteiger partial charge in [-0.05, 0) is 22.5 Å². The predicted molar refractivity (Wildman–Crippen MR) is 78.2 cm³/mol. The minimum Gasteiger partial charge on any atom is -0.258 e. The van der Waals surface area contributed by atoms with Gasteiger partial charge in [0.25, 0.3) is 5.69 Å². The van der Waals surface area contributed by atoms with Crippen LogP contribution < -0.4 is 0 Å². The van der Waals surface area contributed by atoms with E-state index < -0.39 is 0 Å². The lowest BCUT2D eigenvalue weighted by Crippen LogP contribution is -2.18. The number of nitro groups is 1. The Morgan fingerprint density at radius 1 is 1.00 bits per heavy atom. The Hall–Kier alpha value is -0.900. The first kappa shape index (κ1) is 15.2. The Morgan fingerprint density at radius 3 is 1.78 bits per heavy atom. The van der Waals surface area contributed by atoms with Crippen LogP contribution in [0.1, 0.15) is 52.7 Å². The summed E-state index contributed by atoms with van der Waals surface area (Å²) in [5.41, 5.74) is 1.76. The van der Waals surface area contributed by atoms with Gasteiger partial charge in [-0.25, -0.2) is 0 Å². The molecule has 0 fully saturated rings. The first-order valence-corrected chi connectivity index (χ1v) is 6.73. The molecule has 0 aliphatic rings. The minimum atomic E-state index is -0.308. The lowest BCUT2D eigenvalue weighted by molar-refractivity contribution is -0.386. The average Bonchev–Trinajstić information content (AvgIpc) is 2.12. The van der Waals surface area contributed by atoms with Gasteiger partial charge in [0.15, 0.2) is 0 Å². The minimum absolute atomic E-state index is 0.0477. The molecule has 0 saturated carbocycles. The second-order valence-corrected chi connectivity index (χ2v) is 7.46. The van der Waals surface area contributed by atoms with Crippen molar-refractivity contribution in [1.82, 2.24) is 0 Å². The van der Waals surface area contributed by atoms with Gasteiger partial charge in [-0.2, -0.15) is 0 Å². The summed E-state index contributed by atoms with van der Waals surface area (Å²) in [4.78, 5) is 10.9. The number of rotatable bonds is 1. The topological polar surface area (TPSA) is 43.1 Å². The van der Waals surface area contributed by atoms with Crippen molar-refractivity contribution >= 4 is 21.6 Å². The third kappa shape index (κ3) is 3.10. The molecule has 0 saturated heterocycles. The van der Waals surface area contributed by atoms with Gasteiger partial charge in [0.05, 0.1) is 4.92 Å². The van der Waals surface area contributed by atoms with Crippen LogP contribution in [0.25, 0.3) is 0 Å². The van der Waals surface area contributed by atoms with E-state index >= 15 is 0 Å². The molecule has 0 atom stereocenters. The summed E-state index contributed by atoms with van der Waals surface area (Å²) in [5.74, 6) is 0. The molecule has 1 aromatic rings. The molecule has 0 aliphatic heterocycles. The molecule has 0 bridgehead atoms. The fourth-order valence-corrected chi connectivity index (χ4v) is 2.82. The first-order valence-electron chi connectivity index (χ1n) is 5.93. The summed E-state index contributed by atoms with van der Waals surface area (Å²) in [6.07, 6.45) is 0. The summed E-state index contributed by atoms with van der Waals surface area (Å²) >= 11 is 3.45. The molecule has 0 aromatic heterocycles. The fourth-order valence-electron chi connectivity index (χ4n) is 1.89. The normalized spacial score (nSPS) is 12.6. The highest BCUT2D eigenvalue weighted by Gasteiger charge is 2.29. The Bertz CT molecular complexity index is 482. The summed E-state index contributed by atoms with van der Waals surface area (Å²) in [5, 5.41) is 11.2. The second-order valence-electron chi connectivity index (χ2n) is 6.61. The van der Waals surface area contributed by atoms with Crippen molar-refractivity contribution in [2.24, 2.45) is 0 Å². The van der Waals surface area contributed by atoms with Crippen molar-refractivity contribution < 1.29 is 4.92 Å². The molecule has 0 N–H and O–H groups in total. The SMILES string of the molecule is CC(C)(C)c1cc(C(C)(C)C)c([N+](=O)[O-])cc1Br. The zero-order valence-electron chi connectivity index (χ0n) is 11.8. The maximum Gasteiger partial charge on any atom is 0.274 e. The van der Waals surface area contributed by atoms with E-state index in [0.29, 0.717) is 0 Å². The van der Waals surface area contributed by atoms with E-state index in [9.17, 15) is 10.1 Å². The maximum absolute atomic E-state index is 11.2. The zero-order valence-corrected chi connectivity index (χ0v) is 13.4. The van der Waals surface area contributed by atoms with Gasteiger partial charge in [0, 0.05) is 16.1 Å². The van der Waals surface area contributed by atoms with Crippen LogP contribution in [-0.2, 0) is 10.8 Å². The van der Waals surface area contributed by atoms with Crippen molar-refractivity contribution in [3.8, 4) is 0 Å². The molecule has 3 nitrogen and oxygen atoms in total. The van der Waals surface area contributed by atoms with Gasteiger partial charge in [-0.3, -0.25) is 10.1 Å². The smallest absolute Gasteiger partial charge is 0.258 e. The van der Waals surface area contributed by atoms with E-state index in [1.807, 2.05) is 26.8 Å². The number of nitrogens with zero attached hydrogens (tertiary/aromatic N) is 1. The number of hydrogen-bond acceptors (Lipinski definition) is 2. The molecule has 0 spiro atoms. The van der Waals surface area contributed by atoms with Crippen molar-refractivity contribution in [3.05, 3.63) is 37.8 Å². The van der Waals surface area contributed by atoms with Crippen LogP contribution in [0.3, 0.4) is 0 Å². The number of nitro benzene ring substituents is 1. The number of benzene rings is 1.